The molecule has 9 aromatic rings. The van der Waals surface area contributed by atoms with Gasteiger partial charge in [-0.05, 0) is 65.2 Å². The topological polar surface area (TPSA) is 38.0 Å². The number of hydrogen-bond acceptors (Lipinski definition) is 1. The largest absolute Gasteiger partial charge is 0.319 e. The van der Waals surface area contributed by atoms with E-state index in [0.717, 1.165) is 55.4 Å². The molecule has 0 saturated carbocycles. The van der Waals surface area contributed by atoms with Gasteiger partial charge in [-0.1, -0.05) is 109 Å². The fourth-order valence-electron chi connectivity index (χ4n) is 7.29. The second kappa shape index (κ2) is 10.9. The van der Waals surface area contributed by atoms with Gasteiger partial charge in [0.15, 0.2) is 0 Å². The molecule has 222 valence electrons. The second-order valence-electron chi connectivity index (χ2n) is 11.9. The molecule has 9 rings (SSSR count). The summed E-state index contributed by atoms with van der Waals surface area (Å²) in [4.78, 5) is 4.11. The first kappa shape index (κ1) is 27.4. The van der Waals surface area contributed by atoms with Crippen molar-refractivity contribution in [3.63, 3.8) is 0 Å². The van der Waals surface area contributed by atoms with E-state index in [9.17, 15) is 5.26 Å². The highest BCUT2D eigenvalue weighted by Crippen LogP contribution is 2.42. The van der Waals surface area contributed by atoms with Crippen molar-refractivity contribution < 1.29 is 0 Å². The highest BCUT2D eigenvalue weighted by Gasteiger charge is 2.19. The molecular formula is C44H26N4. The Kier molecular flexibility index (Phi) is 6.22. The average molecular weight is 611 g/mol. The van der Waals surface area contributed by atoms with Crippen molar-refractivity contribution in [1.82, 2.24) is 9.13 Å². The van der Waals surface area contributed by atoms with E-state index in [1.807, 2.05) is 48.5 Å². The monoisotopic (exact) mass is 610 g/mol. The molecule has 0 amide bonds. The van der Waals surface area contributed by atoms with Crippen LogP contribution in [0, 0.1) is 17.9 Å². The van der Waals surface area contributed by atoms with Gasteiger partial charge < -0.3 is 9.13 Å². The molecule has 4 nitrogen and oxygen atoms in total. The molecule has 2 aromatic heterocycles. The Morgan fingerprint density at radius 1 is 0.458 bits per heavy atom. The van der Waals surface area contributed by atoms with Crippen molar-refractivity contribution in [1.29, 1.82) is 5.26 Å². The Morgan fingerprint density at radius 2 is 0.938 bits per heavy atom. The number of nitriles is 1. The number of aromatic nitrogens is 2. The van der Waals surface area contributed by atoms with Crippen LogP contribution in [0.15, 0.2) is 158 Å². The Hall–Kier alpha value is -6.88. The summed E-state index contributed by atoms with van der Waals surface area (Å²) in [7, 11) is 0. The van der Waals surface area contributed by atoms with Crippen LogP contribution in [-0.2, 0) is 0 Å². The molecule has 0 aliphatic heterocycles. The van der Waals surface area contributed by atoms with Crippen LogP contribution in [0.1, 0.15) is 5.56 Å². The highest BCUT2D eigenvalue weighted by atomic mass is 15.0. The fourth-order valence-corrected chi connectivity index (χ4v) is 7.29. The van der Waals surface area contributed by atoms with E-state index in [1.54, 1.807) is 0 Å². The molecule has 0 aliphatic rings. The first-order chi connectivity index (χ1) is 23.7. The number of fused-ring (bicyclic) bond motifs is 6. The minimum absolute atomic E-state index is 0.586. The zero-order chi connectivity index (χ0) is 32.2. The third-order valence-corrected chi connectivity index (χ3v) is 9.40. The zero-order valence-electron chi connectivity index (χ0n) is 25.8. The maximum Gasteiger partial charge on any atom is 0.218 e. The number of benzene rings is 7. The van der Waals surface area contributed by atoms with Gasteiger partial charge in [-0.3, -0.25) is 0 Å². The summed E-state index contributed by atoms with van der Waals surface area (Å²) in [5, 5.41) is 14.1. The van der Waals surface area contributed by atoms with Gasteiger partial charge in [0.2, 0.25) is 5.69 Å². The van der Waals surface area contributed by atoms with E-state index in [-0.39, 0.29) is 0 Å². The molecule has 2 heterocycles. The minimum Gasteiger partial charge on any atom is -0.319 e. The first-order valence-electron chi connectivity index (χ1n) is 15.9. The van der Waals surface area contributed by atoms with E-state index in [4.69, 9.17) is 6.57 Å². The maximum atomic E-state index is 9.58. The standard InChI is InChI=1S/C44H26N4/c1-46-44-33(15-10-20-43(44)48-41-19-9-5-14-36(41)37-27-29(28-45)21-26-42(37)48)31-24-22-30(23-25-31)32-11-2-6-16-38(32)47-39-17-7-3-12-34(39)35-13-4-8-18-40(35)47/h2-27H. The van der Waals surface area contributed by atoms with Gasteiger partial charge in [0.1, 0.15) is 0 Å². The van der Waals surface area contributed by atoms with Gasteiger partial charge in [-0.2, -0.15) is 5.26 Å². The third kappa shape index (κ3) is 4.07. The van der Waals surface area contributed by atoms with Crippen LogP contribution in [0.25, 0.3) is 82.1 Å². The van der Waals surface area contributed by atoms with Gasteiger partial charge in [0.25, 0.3) is 0 Å². The Labute approximate surface area is 277 Å². The second-order valence-corrected chi connectivity index (χ2v) is 11.9. The summed E-state index contributed by atoms with van der Waals surface area (Å²) in [6.45, 7) is 8.34. The van der Waals surface area contributed by atoms with E-state index in [1.165, 1.54) is 21.8 Å². The molecule has 0 radical (unpaired) electrons. The van der Waals surface area contributed by atoms with Gasteiger partial charge in [-0.15, -0.1) is 0 Å². The van der Waals surface area contributed by atoms with Gasteiger partial charge in [0.05, 0.1) is 51.6 Å². The summed E-state index contributed by atoms with van der Waals surface area (Å²) in [6, 6.07) is 56.5. The summed E-state index contributed by atoms with van der Waals surface area (Å²) in [5.41, 5.74) is 11.6. The molecule has 0 fully saturated rings. The van der Waals surface area contributed by atoms with Crippen molar-refractivity contribution in [2.45, 2.75) is 0 Å². The smallest absolute Gasteiger partial charge is 0.218 e. The summed E-state index contributed by atoms with van der Waals surface area (Å²) < 4.78 is 4.51. The predicted molar refractivity (Wildman–Crippen MR) is 197 cm³/mol. The number of para-hydroxylation sites is 5. The molecule has 7 aromatic carbocycles. The van der Waals surface area contributed by atoms with Crippen molar-refractivity contribution in [3.05, 3.63) is 175 Å². The molecule has 0 saturated heterocycles. The van der Waals surface area contributed by atoms with Crippen LogP contribution in [0.2, 0.25) is 0 Å². The molecule has 0 aliphatic carbocycles. The Bertz CT molecular complexity index is 2750. The molecule has 0 spiro atoms. The molecule has 0 N–H and O–H groups in total. The van der Waals surface area contributed by atoms with Crippen molar-refractivity contribution in [2.24, 2.45) is 0 Å². The van der Waals surface area contributed by atoms with Crippen LogP contribution in [-0.4, -0.2) is 9.13 Å². The maximum absolute atomic E-state index is 9.58. The van der Waals surface area contributed by atoms with E-state index >= 15 is 0 Å². The molecule has 0 unspecified atom stereocenters. The van der Waals surface area contributed by atoms with Crippen molar-refractivity contribution >= 4 is 49.3 Å². The lowest BCUT2D eigenvalue weighted by molar-refractivity contribution is 1.18. The van der Waals surface area contributed by atoms with E-state index in [0.29, 0.717) is 11.3 Å². The summed E-state index contributed by atoms with van der Waals surface area (Å²) in [5.74, 6) is 0. The molecule has 48 heavy (non-hydrogen) atoms. The Balaban J connectivity index is 1.18. The first-order valence-corrected chi connectivity index (χ1v) is 15.9. The van der Waals surface area contributed by atoms with Crippen LogP contribution in [0.4, 0.5) is 5.69 Å². The average Bonchev–Trinajstić information content (AvgIpc) is 3.67. The number of nitrogens with zero attached hydrogens (tertiary/aromatic N) is 4. The summed E-state index contributed by atoms with van der Waals surface area (Å²) >= 11 is 0. The van der Waals surface area contributed by atoms with Gasteiger partial charge in [0, 0.05) is 27.1 Å². The lowest BCUT2D eigenvalue weighted by Gasteiger charge is -2.16. The molecule has 4 heteroatoms. The third-order valence-electron chi connectivity index (χ3n) is 9.40. The van der Waals surface area contributed by atoms with Crippen LogP contribution >= 0.6 is 0 Å². The molecule has 0 atom stereocenters. The van der Waals surface area contributed by atoms with Crippen molar-refractivity contribution in [3.8, 4) is 39.7 Å². The lowest BCUT2D eigenvalue weighted by atomic mass is 9.97. The minimum atomic E-state index is 0.586. The molecule has 0 bridgehead atoms. The molecular weight excluding hydrogens is 585 g/mol. The number of rotatable bonds is 4. The van der Waals surface area contributed by atoms with Gasteiger partial charge in [-0.25, -0.2) is 4.85 Å². The van der Waals surface area contributed by atoms with Gasteiger partial charge >= 0.3 is 0 Å². The normalized spacial score (nSPS) is 11.3. The van der Waals surface area contributed by atoms with Crippen molar-refractivity contribution in [2.75, 3.05) is 0 Å². The van der Waals surface area contributed by atoms with Crippen LogP contribution < -0.4 is 0 Å². The van der Waals surface area contributed by atoms with Crippen LogP contribution in [0.5, 0.6) is 0 Å². The quantitative estimate of drug-likeness (QED) is 0.183. The predicted octanol–water partition coefficient (Wildman–Crippen LogP) is 11.6. The lowest BCUT2D eigenvalue weighted by Crippen LogP contribution is -1.97. The van der Waals surface area contributed by atoms with E-state index < -0.39 is 0 Å². The van der Waals surface area contributed by atoms with Crippen LogP contribution in [0.3, 0.4) is 0 Å². The summed E-state index contributed by atoms with van der Waals surface area (Å²) in [6.07, 6.45) is 0. The number of hydrogen-bond donors (Lipinski definition) is 0. The zero-order valence-corrected chi connectivity index (χ0v) is 25.8. The fraction of sp³-hybridized carbons (Fsp3) is 0. The Morgan fingerprint density at radius 3 is 1.56 bits per heavy atom. The SMILES string of the molecule is [C-]#[N+]c1c(-c2ccc(-c3ccccc3-n3c4ccccc4c4ccccc43)cc2)cccc1-n1c2ccccc2c2cc(C#N)ccc21. The highest BCUT2D eigenvalue weighted by molar-refractivity contribution is 6.11. The van der Waals surface area contributed by atoms with E-state index in [2.05, 4.69) is 129 Å².